The first-order valence-electron chi connectivity index (χ1n) is 5.78. The van der Waals surface area contributed by atoms with Crippen molar-refractivity contribution < 1.29 is 15.1 Å². The average Bonchev–Trinajstić information content (AvgIpc) is 2.35. The molecule has 1 heterocycles. The summed E-state index contributed by atoms with van der Waals surface area (Å²) in [7, 11) is 0. The number of aryl methyl sites for hydroxylation is 1. The fraction of sp³-hybridized carbons (Fsp3) is 0.600. The van der Waals surface area contributed by atoms with Crippen molar-refractivity contribution in [3.8, 4) is 0 Å². The molecule has 19 heavy (non-hydrogen) atoms. The van der Waals surface area contributed by atoms with E-state index >= 15 is 0 Å². The number of nitro groups is 1. The van der Waals surface area contributed by atoms with Gasteiger partial charge in [-0.2, -0.15) is 4.98 Å². The normalized spacial score (nSPS) is 10.6. The Bertz CT molecular complexity index is 450. The van der Waals surface area contributed by atoms with Crippen LogP contribution in [0.5, 0.6) is 0 Å². The van der Waals surface area contributed by atoms with Gasteiger partial charge in [-0.3, -0.25) is 10.1 Å². The molecule has 0 fully saturated rings. The molecule has 0 bridgehead atoms. The van der Waals surface area contributed by atoms with Gasteiger partial charge >= 0.3 is 5.69 Å². The van der Waals surface area contributed by atoms with Crippen LogP contribution in [0.1, 0.15) is 12.6 Å². The second kappa shape index (κ2) is 6.81. The first-order valence-corrected chi connectivity index (χ1v) is 5.78. The molecule has 1 aromatic rings. The van der Waals surface area contributed by atoms with Crippen LogP contribution >= 0.6 is 0 Å². The van der Waals surface area contributed by atoms with Crippen LogP contribution in [-0.2, 0) is 0 Å². The second-order valence-corrected chi connectivity index (χ2v) is 3.82. The predicted octanol–water partition coefficient (Wildman–Crippen LogP) is -0.110. The standard InChI is InChI=1S/C10H17N5O4/c1-3-11-10-12-6(2)8(15(18)19)9(14-10)13-7(4-16)5-17/h7,16-17H,3-5H2,1-2H3,(H2,11,12,13,14). The van der Waals surface area contributed by atoms with Crippen LogP contribution in [0.3, 0.4) is 0 Å². The zero-order valence-corrected chi connectivity index (χ0v) is 10.8. The highest BCUT2D eigenvalue weighted by Gasteiger charge is 2.23. The van der Waals surface area contributed by atoms with Crippen LogP contribution in [0, 0.1) is 17.0 Å². The van der Waals surface area contributed by atoms with Gasteiger partial charge < -0.3 is 20.8 Å². The molecule has 0 saturated carbocycles. The summed E-state index contributed by atoms with van der Waals surface area (Å²) in [6.45, 7) is 3.18. The lowest BCUT2D eigenvalue weighted by molar-refractivity contribution is -0.385. The van der Waals surface area contributed by atoms with Crippen LogP contribution in [0.15, 0.2) is 0 Å². The minimum atomic E-state index is -0.720. The topological polar surface area (TPSA) is 133 Å². The molecule has 1 aromatic heterocycles. The van der Waals surface area contributed by atoms with E-state index in [2.05, 4.69) is 20.6 Å². The van der Waals surface area contributed by atoms with E-state index in [-0.39, 0.29) is 36.4 Å². The minimum Gasteiger partial charge on any atom is -0.394 e. The van der Waals surface area contributed by atoms with Crippen LogP contribution < -0.4 is 10.6 Å². The molecule has 9 heteroatoms. The maximum atomic E-state index is 11.0. The lowest BCUT2D eigenvalue weighted by atomic mass is 10.3. The number of anilines is 2. The van der Waals surface area contributed by atoms with Crippen molar-refractivity contribution in [2.45, 2.75) is 19.9 Å². The maximum Gasteiger partial charge on any atom is 0.332 e. The van der Waals surface area contributed by atoms with Gasteiger partial charge in [0.25, 0.3) is 0 Å². The Morgan fingerprint density at radius 1 is 1.37 bits per heavy atom. The van der Waals surface area contributed by atoms with Gasteiger partial charge in [0.15, 0.2) is 0 Å². The molecule has 0 amide bonds. The lowest BCUT2D eigenvalue weighted by Gasteiger charge is -2.15. The van der Waals surface area contributed by atoms with Crippen LogP contribution in [0.25, 0.3) is 0 Å². The van der Waals surface area contributed by atoms with Crippen LogP contribution in [0.2, 0.25) is 0 Å². The van der Waals surface area contributed by atoms with E-state index in [0.29, 0.717) is 6.54 Å². The molecule has 0 spiro atoms. The molecule has 0 aliphatic carbocycles. The molecular formula is C10H17N5O4. The summed E-state index contributed by atoms with van der Waals surface area (Å²) < 4.78 is 0. The van der Waals surface area contributed by atoms with E-state index in [1.807, 2.05) is 6.92 Å². The number of hydrogen-bond donors (Lipinski definition) is 4. The first kappa shape index (κ1) is 15.1. The Morgan fingerprint density at radius 3 is 2.47 bits per heavy atom. The third kappa shape index (κ3) is 3.73. The highest BCUT2D eigenvalue weighted by atomic mass is 16.6. The average molecular weight is 271 g/mol. The van der Waals surface area contributed by atoms with Crippen molar-refractivity contribution >= 4 is 17.5 Å². The number of aliphatic hydroxyl groups is 2. The van der Waals surface area contributed by atoms with Crippen molar-refractivity contribution in [1.29, 1.82) is 0 Å². The number of nitrogens with zero attached hydrogens (tertiary/aromatic N) is 3. The van der Waals surface area contributed by atoms with Crippen LogP contribution in [0.4, 0.5) is 17.5 Å². The SMILES string of the molecule is CCNc1nc(C)c([N+](=O)[O-])c(NC(CO)CO)n1. The van der Waals surface area contributed by atoms with E-state index < -0.39 is 11.0 Å². The molecule has 0 radical (unpaired) electrons. The Balaban J connectivity index is 3.19. The Morgan fingerprint density at radius 2 is 2.00 bits per heavy atom. The van der Waals surface area contributed by atoms with Gasteiger partial charge in [0, 0.05) is 6.54 Å². The van der Waals surface area contributed by atoms with Gasteiger partial charge in [-0.05, 0) is 13.8 Å². The van der Waals surface area contributed by atoms with E-state index in [1.165, 1.54) is 6.92 Å². The fourth-order valence-electron chi connectivity index (χ4n) is 1.47. The summed E-state index contributed by atoms with van der Waals surface area (Å²) in [4.78, 5) is 18.4. The summed E-state index contributed by atoms with van der Waals surface area (Å²) >= 11 is 0. The smallest absolute Gasteiger partial charge is 0.332 e. The van der Waals surface area contributed by atoms with Gasteiger partial charge in [-0.15, -0.1) is 0 Å². The first-order chi connectivity index (χ1) is 9.03. The number of aliphatic hydroxyl groups excluding tert-OH is 2. The summed E-state index contributed by atoms with van der Waals surface area (Å²) in [5.41, 5.74) is -0.0679. The molecule has 0 aliphatic heterocycles. The number of rotatable bonds is 7. The van der Waals surface area contributed by atoms with Gasteiger partial charge in [0.05, 0.1) is 24.2 Å². The number of aromatic nitrogens is 2. The van der Waals surface area contributed by atoms with E-state index in [4.69, 9.17) is 10.2 Å². The zero-order valence-electron chi connectivity index (χ0n) is 10.8. The largest absolute Gasteiger partial charge is 0.394 e. The highest BCUT2D eigenvalue weighted by molar-refractivity contribution is 5.61. The van der Waals surface area contributed by atoms with Crippen LogP contribution in [-0.4, -0.2) is 50.9 Å². The molecule has 0 saturated heterocycles. The molecular weight excluding hydrogens is 254 g/mol. The number of hydrogen-bond acceptors (Lipinski definition) is 8. The molecule has 0 aromatic carbocycles. The molecule has 0 atom stereocenters. The van der Waals surface area contributed by atoms with Gasteiger partial charge in [-0.25, -0.2) is 4.98 Å². The minimum absolute atomic E-state index is 0.0263. The van der Waals surface area contributed by atoms with Crippen molar-refractivity contribution in [2.24, 2.45) is 0 Å². The monoisotopic (exact) mass is 271 g/mol. The summed E-state index contributed by atoms with van der Waals surface area (Å²) in [5.74, 6) is 0.226. The predicted molar refractivity (Wildman–Crippen MR) is 69.2 cm³/mol. The van der Waals surface area contributed by atoms with E-state index in [1.54, 1.807) is 0 Å². The molecule has 106 valence electrons. The lowest BCUT2D eigenvalue weighted by Crippen LogP contribution is -2.29. The summed E-state index contributed by atoms with van der Waals surface area (Å²) in [6, 6.07) is -0.720. The zero-order chi connectivity index (χ0) is 14.4. The van der Waals surface area contributed by atoms with E-state index in [9.17, 15) is 10.1 Å². The van der Waals surface area contributed by atoms with Crippen molar-refractivity contribution in [3.05, 3.63) is 15.8 Å². The maximum absolute atomic E-state index is 11.0. The molecule has 1 rings (SSSR count). The van der Waals surface area contributed by atoms with Gasteiger partial charge in [0.2, 0.25) is 11.8 Å². The second-order valence-electron chi connectivity index (χ2n) is 3.82. The Hall–Kier alpha value is -2.00. The Labute approximate surface area is 109 Å². The van der Waals surface area contributed by atoms with Gasteiger partial charge in [0.1, 0.15) is 5.69 Å². The number of nitrogens with one attached hydrogen (secondary N) is 2. The van der Waals surface area contributed by atoms with E-state index in [0.717, 1.165) is 0 Å². The highest BCUT2D eigenvalue weighted by Crippen LogP contribution is 2.26. The van der Waals surface area contributed by atoms with Gasteiger partial charge in [-0.1, -0.05) is 0 Å². The molecule has 0 unspecified atom stereocenters. The fourth-order valence-corrected chi connectivity index (χ4v) is 1.47. The molecule has 4 N–H and O–H groups in total. The van der Waals surface area contributed by atoms with Crippen molar-refractivity contribution in [1.82, 2.24) is 9.97 Å². The third-order valence-electron chi connectivity index (χ3n) is 2.36. The third-order valence-corrected chi connectivity index (χ3v) is 2.36. The Kier molecular flexibility index (Phi) is 5.39. The quantitative estimate of drug-likeness (QED) is 0.398. The summed E-state index contributed by atoms with van der Waals surface area (Å²) in [5, 5.41) is 34.5. The summed E-state index contributed by atoms with van der Waals surface area (Å²) in [6.07, 6.45) is 0. The van der Waals surface area contributed by atoms with Crippen molar-refractivity contribution in [2.75, 3.05) is 30.4 Å². The molecule has 0 aliphatic rings. The molecule has 9 nitrogen and oxygen atoms in total. The van der Waals surface area contributed by atoms with Crippen molar-refractivity contribution in [3.63, 3.8) is 0 Å².